The average Bonchev–Trinajstić information content (AvgIpc) is 2.95. The lowest BCUT2D eigenvalue weighted by Crippen LogP contribution is -2.35. The van der Waals surface area contributed by atoms with Gasteiger partial charge in [-0.05, 0) is 56.7 Å². The molecule has 1 rings (SSSR count). The molecule has 104 valence electrons. The minimum atomic E-state index is -1.11. The van der Waals surface area contributed by atoms with Gasteiger partial charge in [0.15, 0.2) is 0 Å². The molecule has 1 aliphatic rings. The summed E-state index contributed by atoms with van der Waals surface area (Å²) in [7, 11) is -1.11. The predicted molar refractivity (Wildman–Crippen MR) is 77.4 cm³/mol. The average molecular weight is 291 g/mol. The standard InChI is InChI=1S/C13H24ClN2OP/c1-11(2)16(18(14)17-9-5-8-15)12(3)10-13(4)6-7-13/h11-12H,5-7,9-10H2,1-4H3. The lowest BCUT2D eigenvalue weighted by molar-refractivity contribution is 0.227. The van der Waals surface area contributed by atoms with Crippen molar-refractivity contribution >= 4 is 18.9 Å². The molecule has 2 atom stereocenters. The Balaban J connectivity index is 2.49. The molecule has 0 radical (unpaired) electrons. The molecule has 0 heterocycles. The van der Waals surface area contributed by atoms with Crippen LogP contribution in [-0.4, -0.2) is 23.4 Å². The molecule has 1 aliphatic carbocycles. The Kier molecular flexibility index (Phi) is 6.35. The quantitative estimate of drug-likeness (QED) is 0.481. The molecule has 0 aromatic heterocycles. The number of hydrogen-bond acceptors (Lipinski definition) is 3. The Morgan fingerprint density at radius 1 is 1.44 bits per heavy atom. The van der Waals surface area contributed by atoms with Gasteiger partial charge in [0.25, 0.3) is 0 Å². The summed E-state index contributed by atoms with van der Waals surface area (Å²) in [6, 6.07) is 2.88. The van der Waals surface area contributed by atoms with Crippen LogP contribution in [0.25, 0.3) is 0 Å². The molecule has 0 amide bonds. The molecular formula is C13H24ClN2OP. The van der Waals surface area contributed by atoms with Gasteiger partial charge in [-0.2, -0.15) is 5.26 Å². The molecule has 0 bridgehead atoms. The number of rotatable bonds is 8. The van der Waals surface area contributed by atoms with Crippen LogP contribution in [0.4, 0.5) is 0 Å². The molecule has 1 saturated carbocycles. The van der Waals surface area contributed by atoms with Crippen molar-refractivity contribution in [1.82, 2.24) is 4.67 Å². The van der Waals surface area contributed by atoms with E-state index in [1.807, 2.05) is 0 Å². The molecule has 0 N–H and O–H groups in total. The van der Waals surface area contributed by atoms with E-state index in [1.165, 1.54) is 19.3 Å². The van der Waals surface area contributed by atoms with Gasteiger partial charge in [-0.25, -0.2) is 4.67 Å². The molecule has 0 aliphatic heterocycles. The van der Waals surface area contributed by atoms with E-state index in [2.05, 4.69) is 38.4 Å². The van der Waals surface area contributed by atoms with Gasteiger partial charge in [0.2, 0.25) is 7.65 Å². The minimum Gasteiger partial charge on any atom is -0.330 e. The Morgan fingerprint density at radius 2 is 2.06 bits per heavy atom. The zero-order valence-electron chi connectivity index (χ0n) is 11.8. The number of nitrogens with zero attached hydrogens (tertiary/aromatic N) is 2. The van der Waals surface area contributed by atoms with Crippen molar-refractivity contribution < 1.29 is 4.52 Å². The van der Waals surface area contributed by atoms with Gasteiger partial charge in [-0.3, -0.25) is 0 Å². The number of nitriles is 1. The topological polar surface area (TPSA) is 36.3 Å². The lowest BCUT2D eigenvalue weighted by Gasteiger charge is -2.36. The van der Waals surface area contributed by atoms with Crippen molar-refractivity contribution in [3.05, 3.63) is 0 Å². The van der Waals surface area contributed by atoms with Gasteiger partial charge < -0.3 is 4.52 Å². The Morgan fingerprint density at radius 3 is 2.50 bits per heavy atom. The summed E-state index contributed by atoms with van der Waals surface area (Å²) in [4.78, 5) is 0. The first-order valence-corrected chi connectivity index (χ1v) is 8.75. The molecule has 0 spiro atoms. The first kappa shape index (κ1) is 16.2. The van der Waals surface area contributed by atoms with Crippen LogP contribution in [0.5, 0.6) is 0 Å². The molecular weight excluding hydrogens is 267 g/mol. The SMILES string of the molecule is CC(C)N(C(C)CC1(C)CC1)P(Cl)OCCC#N. The van der Waals surface area contributed by atoms with E-state index in [0.29, 0.717) is 30.5 Å². The summed E-state index contributed by atoms with van der Waals surface area (Å²) in [6.45, 7) is 9.30. The van der Waals surface area contributed by atoms with Crippen LogP contribution in [0.1, 0.15) is 53.4 Å². The summed E-state index contributed by atoms with van der Waals surface area (Å²) in [5.41, 5.74) is 0.520. The van der Waals surface area contributed by atoms with Crippen molar-refractivity contribution in [3.63, 3.8) is 0 Å². The van der Waals surface area contributed by atoms with E-state index in [0.717, 1.165) is 0 Å². The third-order valence-electron chi connectivity index (χ3n) is 3.47. The first-order chi connectivity index (χ1) is 8.39. The van der Waals surface area contributed by atoms with Crippen LogP contribution in [0.3, 0.4) is 0 Å². The molecule has 3 nitrogen and oxygen atoms in total. The fourth-order valence-corrected chi connectivity index (χ4v) is 4.61. The maximum Gasteiger partial charge on any atom is 0.207 e. The Hall–Kier alpha value is 0.130. The second-order valence-corrected chi connectivity index (χ2v) is 7.85. The highest BCUT2D eigenvalue weighted by molar-refractivity contribution is 7.78. The van der Waals surface area contributed by atoms with Crippen LogP contribution < -0.4 is 0 Å². The maximum atomic E-state index is 8.52. The monoisotopic (exact) mass is 290 g/mol. The minimum absolute atomic E-state index is 0.369. The van der Waals surface area contributed by atoms with Gasteiger partial charge in [0, 0.05) is 12.1 Å². The van der Waals surface area contributed by atoms with Gasteiger partial charge in [0.05, 0.1) is 19.1 Å². The second-order valence-electron chi connectivity index (χ2n) is 5.81. The van der Waals surface area contributed by atoms with Crippen molar-refractivity contribution in [3.8, 4) is 6.07 Å². The van der Waals surface area contributed by atoms with Gasteiger partial charge in [-0.15, -0.1) is 0 Å². The summed E-state index contributed by atoms with van der Waals surface area (Å²) in [5, 5.41) is 8.52. The van der Waals surface area contributed by atoms with E-state index in [1.54, 1.807) is 0 Å². The number of halogens is 1. The van der Waals surface area contributed by atoms with Gasteiger partial charge >= 0.3 is 0 Å². The maximum absolute atomic E-state index is 8.52. The van der Waals surface area contributed by atoms with Crippen molar-refractivity contribution in [2.45, 2.75) is 65.5 Å². The smallest absolute Gasteiger partial charge is 0.207 e. The highest BCUT2D eigenvalue weighted by atomic mass is 35.7. The largest absolute Gasteiger partial charge is 0.330 e. The molecule has 0 saturated heterocycles. The van der Waals surface area contributed by atoms with E-state index < -0.39 is 7.65 Å². The molecule has 0 aromatic carbocycles. The molecule has 18 heavy (non-hydrogen) atoms. The van der Waals surface area contributed by atoms with Gasteiger partial charge in [-0.1, -0.05) is 6.92 Å². The Bertz CT molecular complexity index is 302. The molecule has 0 aromatic rings. The normalized spacial score (nSPS) is 20.8. The van der Waals surface area contributed by atoms with E-state index in [4.69, 9.17) is 21.0 Å². The summed E-state index contributed by atoms with van der Waals surface area (Å²) in [5.74, 6) is 0. The van der Waals surface area contributed by atoms with Crippen LogP contribution in [-0.2, 0) is 4.52 Å². The van der Waals surface area contributed by atoms with Gasteiger partial charge in [0.1, 0.15) is 0 Å². The van der Waals surface area contributed by atoms with Crippen LogP contribution in [0.2, 0.25) is 0 Å². The van der Waals surface area contributed by atoms with E-state index in [-0.39, 0.29) is 0 Å². The second kappa shape index (κ2) is 7.06. The van der Waals surface area contributed by atoms with Crippen molar-refractivity contribution in [2.24, 2.45) is 5.41 Å². The lowest BCUT2D eigenvalue weighted by atomic mass is 10.00. The van der Waals surface area contributed by atoms with E-state index in [9.17, 15) is 0 Å². The summed E-state index contributed by atoms with van der Waals surface area (Å²) in [6.07, 6.45) is 4.25. The molecule has 5 heteroatoms. The van der Waals surface area contributed by atoms with Crippen molar-refractivity contribution in [1.29, 1.82) is 5.26 Å². The fourth-order valence-electron chi connectivity index (χ4n) is 2.30. The fraction of sp³-hybridized carbons (Fsp3) is 0.923. The first-order valence-electron chi connectivity index (χ1n) is 6.63. The van der Waals surface area contributed by atoms with Crippen LogP contribution in [0.15, 0.2) is 0 Å². The van der Waals surface area contributed by atoms with E-state index >= 15 is 0 Å². The third kappa shape index (κ3) is 5.02. The molecule has 1 fully saturated rings. The third-order valence-corrected chi connectivity index (χ3v) is 5.90. The van der Waals surface area contributed by atoms with Crippen LogP contribution >= 0.6 is 18.9 Å². The summed E-state index contributed by atoms with van der Waals surface area (Å²) >= 11 is 6.38. The van der Waals surface area contributed by atoms with Crippen LogP contribution in [0, 0.1) is 16.7 Å². The zero-order valence-corrected chi connectivity index (χ0v) is 13.5. The number of hydrogen-bond donors (Lipinski definition) is 0. The highest BCUT2D eigenvalue weighted by Crippen LogP contribution is 2.54. The molecule has 2 unspecified atom stereocenters. The highest BCUT2D eigenvalue weighted by Gasteiger charge is 2.40. The van der Waals surface area contributed by atoms with Crippen molar-refractivity contribution in [2.75, 3.05) is 6.61 Å². The zero-order chi connectivity index (χ0) is 13.8. The summed E-state index contributed by atoms with van der Waals surface area (Å²) < 4.78 is 7.86. The predicted octanol–water partition coefficient (Wildman–Crippen LogP) is 4.67. The Labute approximate surface area is 117 Å².